The van der Waals surface area contributed by atoms with E-state index in [1.54, 1.807) is 23.1 Å². The van der Waals surface area contributed by atoms with Gasteiger partial charge in [0, 0.05) is 37.0 Å². The Kier molecular flexibility index (Phi) is 6.01. The summed E-state index contributed by atoms with van der Waals surface area (Å²) in [7, 11) is 0. The number of carbonyl (C=O) groups is 3. The minimum absolute atomic E-state index is 0.0465. The van der Waals surface area contributed by atoms with Crippen LogP contribution in [0.2, 0.25) is 0 Å². The van der Waals surface area contributed by atoms with Crippen LogP contribution >= 0.6 is 0 Å². The van der Waals surface area contributed by atoms with E-state index in [1.807, 2.05) is 31.2 Å². The van der Waals surface area contributed by atoms with E-state index in [9.17, 15) is 14.4 Å². The standard InChI is InChI=1S/C23H27N3O3/c1-14(2)17-7-5-8-19(11-17)26-13-18(12-22(26)28)23(29)25-21-10-6-9-20(15(21)3)24-16(4)27/h5-11,14,18H,12-13H2,1-4H3,(H,24,27)(H,25,29)/t18-/m0/s1. The number of nitrogens with one attached hydrogen (secondary N) is 2. The monoisotopic (exact) mass is 393 g/mol. The summed E-state index contributed by atoms with van der Waals surface area (Å²) >= 11 is 0. The van der Waals surface area contributed by atoms with Crippen LogP contribution in [0.1, 0.15) is 44.2 Å². The van der Waals surface area contributed by atoms with E-state index in [-0.39, 0.29) is 24.1 Å². The minimum Gasteiger partial charge on any atom is -0.326 e. The first-order valence-electron chi connectivity index (χ1n) is 9.84. The van der Waals surface area contributed by atoms with Gasteiger partial charge in [-0.25, -0.2) is 0 Å². The Morgan fingerprint density at radius 2 is 1.72 bits per heavy atom. The van der Waals surface area contributed by atoms with Crippen LogP contribution < -0.4 is 15.5 Å². The highest BCUT2D eigenvalue weighted by molar-refractivity contribution is 6.04. The summed E-state index contributed by atoms with van der Waals surface area (Å²) in [4.78, 5) is 38.4. The number of amides is 3. The summed E-state index contributed by atoms with van der Waals surface area (Å²) in [5.41, 5.74) is 4.06. The van der Waals surface area contributed by atoms with Gasteiger partial charge >= 0.3 is 0 Å². The zero-order chi connectivity index (χ0) is 21.1. The molecule has 3 rings (SSSR count). The van der Waals surface area contributed by atoms with Crippen LogP contribution in [-0.4, -0.2) is 24.3 Å². The zero-order valence-electron chi connectivity index (χ0n) is 17.3. The van der Waals surface area contributed by atoms with Crippen molar-refractivity contribution in [2.24, 2.45) is 5.92 Å². The maximum atomic E-state index is 12.8. The predicted molar refractivity (Wildman–Crippen MR) is 115 cm³/mol. The normalized spacial score (nSPS) is 16.2. The summed E-state index contributed by atoms with van der Waals surface area (Å²) in [5, 5.41) is 5.67. The average Bonchev–Trinajstić information content (AvgIpc) is 3.06. The van der Waals surface area contributed by atoms with Crippen molar-refractivity contribution in [3.63, 3.8) is 0 Å². The molecule has 6 nitrogen and oxygen atoms in total. The molecule has 0 bridgehead atoms. The molecule has 1 aliphatic rings. The Bertz CT molecular complexity index is 952. The predicted octanol–water partition coefficient (Wildman–Crippen LogP) is 4.07. The van der Waals surface area contributed by atoms with Crippen molar-refractivity contribution >= 4 is 34.8 Å². The highest BCUT2D eigenvalue weighted by Gasteiger charge is 2.35. The highest BCUT2D eigenvalue weighted by atomic mass is 16.2. The number of benzene rings is 2. The second-order valence-electron chi connectivity index (χ2n) is 7.80. The Morgan fingerprint density at radius 3 is 2.38 bits per heavy atom. The van der Waals surface area contributed by atoms with Gasteiger partial charge in [0.05, 0.1) is 5.92 Å². The largest absolute Gasteiger partial charge is 0.326 e. The quantitative estimate of drug-likeness (QED) is 0.804. The van der Waals surface area contributed by atoms with E-state index < -0.39 is 5.92 Å². The molecule has 1 aliphatic heterocycles. The first-order chi connectivity index (χ1) is 13.8. The van der Waals surface area contributed by atoms with Crippen molar-refractivity contribution in [3.05, 3.63) is 53.6 Å². The fourth-order valence-electron chi connectivity index (χ4n) is 3.52. The molecular formula is C23H27N3O3. The number of hydrogen-bond donors (Lipinski definition) is 2. The van der Waals surface area contributed by atoms with E-state index in [2.05, 4.69) is 24.5 Å². The van der Waals surface area contributed by atoms with Crippen LogP contribution in [0.25, 0.3) is 0 Å². The summed E-state index contributed by atoms with van der Waals surface area (Å²) in [6.07, 6.45) is 0.183. The number of rotatable bonds is 5. The van der Waals surface area contributed by atoms with Gasteiger partial charge in [0.1, 0.15) is 0 Å². The zero-order valence-corrected chi connectivity index (χ0v) is 17.3. The van der Waals surface area contributed by atoms with Crippen LogP contribution in [-0.2, 0) is 14.4 Å². The van der Waals surface area contributed by atoms with E-state index >= 15 is 0 Å². The van der Waals surface area contributed by atoms with Crippen molar-refractivity contribution in [2.45, 2.75) is 40.0 Å². The average molecular weight is 393 g/mol. The lowest BCUT2D eigenvalue weighted by Gasteiger charge is -2.19. The Hall–Kier alpha value is -3.15. The van der Waals surface area contributed by atoms with Crippen LogP contribution in [0.15, 0.2) is 42.5 Å². The molecule has 0 spiro atoms. The SMILES string of the molecule is CC(=O)Nc1cccc(NC(=O)[C@H]2CC(=O)N(c3cccc(C(C)C)c3)C2)c1C. The van der Waals surface area contributed by atoms with Crippen molar-refractivity contribution in [1.29, 1.82) is 0 Å². The number of hydrogen-bond acceptors (Lipinski definition) is 3. The lowest BCUT2D eigenvalue weighted by atomic mass is 10.0. The van der Waals surface area contributed by atoms with Gasteiger partial charge in [0.15, 0.2) is 0 Å². The van der Waals surface area contributed by atoms with E-state index in [0.29, 0.717) is 23.8 Å². The van der Waals surface area contributed by atoms with E-state index in [0.717, 1.165) is 16.8 Å². The van der Waals surface area contributed by atoms with Gasteiger partial charge in [0.2, 0.25) is 17.7 Å². The van der Waals surface area contributed by atoms with E-state index in [4.69, 9.17) is 0 Å². The third-order valence-electron chi connectivity index (χ3n) is 5.25. The maximum Gasteiger partial charge on any atom is 0.229 e. The molecule has 0 unspecified atom stereocenters. The van der Waals surface area contributed by atoms with Crippen molar-refractivity contribution in [1.82, 2.24) is 0 Å². The van der Waals surface area contributed by atoms with Crippen LogP contribution in [0.4, 0.5) is 17.1 Å². The number of carbonyl (C=O) groups excluding carboxylic acids is 3. The maximum absolute atomic E-state index is 12.8. The third-order valence-corrected chi connectivity index (χ3v) is 5.25. The Morgan fingerprint density at radius 1 is 1.07 bits per heavy atom. The molecule has 0 saturated carbocycles. The Labute approximate surface area is 171 Å². The van der Waals surface area contributed by atoms with Gasteiger partial charge in [-0.15, -0.1) is 0 Å². The van der Waals surface area contributed by atoms with Gasteiger partial charge in [0.25, 0.3) is 0 Å². The molecule has 0 radical (unpaired) electrons. The summed E-state index contributed by atoms with van der Waals surface area (Å²) < 4.78 is 0. The van der Waals surface area contributed by atoms with Gasteiger partial charge in [-0.2, -0.15) is 0 Å². The number of anilines is 3. The number of nitrogens with zero attached hydrogens (tertiary/aromatic N) is 1. The fraction of sp³-hybridized carbons (Fsp3) is 0.348. The molecule has 3 amide bonds. The fourth-order valence-corrected chi connectivity index (χ4v) is 3.52. The highest BCUT2D eigenvalue weighted by Crippen LogP contribution is 2.29. The van der Waals surface area contributed by atoms with Gasteiger partial charge in [-0.05, 0) is 48.2 Å². The first kappa shape index (κ1) is 20.6. The molecule has 0 aromatic heterocycles. The van der Waals surface area contributed by atoms with Crippen LogP contribution in [0, 0.1) is 12.8 Å². The smallest absolute Gasteiger partial charge is 0.229 e. The molecule has 1 atom stereocenters. The second kappa shape index (κ2) is 8.47. The molecule has 1 fully saturated rings. The van der Waals surface area contributed by atoms with Crippen molar-refractivity contribution in [3.8, 4) is 0 Å². The van der Waals surface area contributed by atoms with Gasteiger partial charge in [-0.3, -0.25) is 14.4 Å². The molecule has 0 aliphatic carbocycles. The second-order valence-corrected chi connectivity index (χ2v) is 7.80. The van der Waals surface area contributed by atoms with Gasteiger partial charge < -0.3 is 15.5 Å². The minimum atomic E-state index is -0.422. The molecule has 2 N–H and O–H groups in total. The lowest BCUT2D eigenvalue weighted by molar-refractivity contribution is -0.122. The molecule has 29 heavy (non-hydrogen) atoms. The molecule has 2 aromatic rings. The van der Waals surface area contributed by atoms with E-state index in [1.165, 1.54) is 6.92 Å². The Balaban J connectivity index is 1.73. The summed E-state index contributed by atoms with van der Waals surface area (Å²) in [6, 6.07) is 13.3. The summed E-state index contributed by atoms with van der Waals surface area (Å²) in [6.45, 7) is 7.86. The van der Waals surface area contributed by atoms with Gasteiger partial charge in [-0.1, -0.05) is 32.0 Å². The lowest BCUT2D eigenvalue weighted by Crippen LogP contribution is -2.28. The first-order valence-corrected chi connectivity index (χ1v) is 9.84. The topological polar surface area (TPSA) is 78.5 Å². The molecule has 6 heteroatoms. The van der Waals surface area contributed by atoms with Crippen LogP contribution in [0.3, 0.4) is 0 Å². The molecule has 1 saturated heterocycles. The molecule has 1 heterocycles. The summed E-state index contributed by atoms with van der Waals surface area (Å²) in [5.74, 6) is -0.462. The third kappa shape index (κ3) is 4.65. The molecule has 152 valence electrons. The molecular weight excluding hydrogens is 366 g/mol. The molecule has 2 aromatic carbocycles. The van der Waals surface area contributed by atoms with Crippen molar-refractivity contribution in [2.75, 3.05) is 22.1 Å². The van der Waals surface area contributed by atoms with Crippen molar-refractivity contribution < 1.29 is 14.4 Å². The van der Waals surface area contributed by atoms with Crippen LogP contribution in [0.5, 0.6) is 0 Å².